The average Bonchev–Trinajstić information content (AvgIpc) is 3.44. The summed E-state index contributed by atoms with van der Waals surface area (Å²) in [6.45, 7) is 7.44. The Labute approximate surface area is 186 Å². The molecule has 31 heavy (non-hydrogen) atoms. The van der Waals surface area contributed by atoms with Gasteiger partial charge in [0, 0.05) is 17.3 Å². The molecule has 8 nitrogen and oxygen atoms in total. The molecule has 0 radical (unpaired) electrons. The first kappa shape index (κ1) is 21.6. The van der Waals surface area contributed by atoms with E-state index in [1.807, 2.05) is 20.8 Å². The summed E-state index contributed by atoms with van der Waals surface area (Å²) in [7, 11) is 0. The van der Waals surface area contributed by atoms with Gasteiger partial charge >= 0.3 is 12.1 Å². The molecule has 1 unspecified atom stereocenters. The molecule has 9 heteroatoms. The zero-order valence-corrected chi connectivity index (χ0v) is 19.0. The Hall–Kier alpha value is -2.61. The van der Waals surface area contributed by atoms with Gasteiger partial charge in [-0.1, -0.05) is 11.6 Å². The number of aromatic nitrogens is 3. The van der Waals surface area contributed by atoms with Crippen molar-refractivity contribution in [2.75, 3.05) is 6.61 Å². The minimum atomic E-state index is -0.631. The largest absolute Gasteiger partial charge is 0.461 e. The number of esters is 1. The molecule has 2 aromatic rings. The van der Waals surface area contributed by atoms with Gasteiger partial charge in [-0.05, 0) is 70.9 Å². The first-order valence-electron chi connectivity index (χ1n) is 10.6. The number of nitrogens with zero attached hydrogens (tertiary/aromatic N) is 3. The van der Waals surface area contributed by atoms with Crippen LogP contribution in [0.5, 0.6) is 0 Å². The summed E-state index contributed by atoms with van der Waals surface area (Å²) < 4.78 is 12.4. The van der Waals surface area contributed by atoms with E-state index < -0.39 is 23.8 Å². The molecule has 0 aliphatic heterocycles. The molecular weight excluding hydrogens is 420 g/mol. The van der Waals surface area contributed by atoms with Gasteiger partial charge in [0.15, 0.2) is 5.69 Å². The maximum atomic E-state index is 13.0. The van der Waals surface area contributed by atoms with Crippen LogP contribution >= 0.6 is 11.6 Å². The van der Waals surface area contributed by atoms with E-state index >= 15 is 0 Å². The Kier molecular flexibility index (Phi) is 5.68. The summed E-state index contributed by atoms with van der Waals surface area (Å²) in [6, 6.07) is 1.77. The number of ether oxygens (including phenoxy) is 2. The lowest BCUT2D eigenvalue weighted by atomic mass is 9.90. The van der Waals surface area contributed by atoms with Crippen molar-refractivity contribution >= 4 is 23.7 Å². The molecule has 2 aliphatic rings. The lowest BCUT2D eigenvalue weighted by Crippen LogP contribution is -2.39. The van der Waals surface area contributed by atoms with Gasteiger partial charge in [0.25, 0.3) is 0 Å². The van der Waals surface area contributed by atoms with Crippen LogP contribution in [0.15, 0.2) is 12.3 Å². The van der Waals surface area contributed by atoms with Crippen LogP contribution in [0.3, 0.4) is 0 Å². The van der Waals surface area contributed by atoms with Gasteiger partial charge in [0.05, 0.1) is 12.3 Å². The van der Waals surface area contributed by atoms with Gasteiger partial charge in [-0.15, -0.1) is 0 Å². The van der Waals surface area contributed by atoms with Crippen LogP contribution in [0.1, 0.15) is 68.3 Å². The second kappa shape index (κ2) is 8.15. The molecule has 1 saturated carbocycles. The van der Waals surface area contributed by atoms with Crippen molar-refractivity contribution in [3.8, 4) is 11.3 Å². The summed E-state index contributed by atoms with van der Waals surface area (Å²) in [4.78, 5) is 29.7. The number of pyridine rings is 1. The van der Waals surface area contributed by atoms with Gasteiger partial charge in [-0.25, -0.2) is 19.3 Å². The maximum absolute atomic E-state index is 13.0. The summed E-state index contributed by atoms with van der Waals surface area (Å²) in [6.07, 6.45) is 3.92. The van der Waals surface area contributed by atoms with Crippen LogP contribution in [0, 0.1) is 5.92 Å². The topological polar surface area (TPSA) is 95.3 Å². The van der Waals surface area contributed by atoms with Crippen LogP contribution in [0.25, 0.3) is 11.3 Å². The number of carbonyl (C=O) groups excluding carboxylic acids is 2. The Morgan fingerprint density at radius 3 is 2.71 bits per heavy atom. The first-order valence-corrected chi connectivity index (χ1v) is 11.0. The smallest absolute Gasteiger partial charge is 0.409 e. The number of aryl methyl sites for hydroxylation is 1. The number of carbonyl (C=O) groups is 2. The molecule has 0 aromatic carbocycles. The Morgan fingerprint density at radius 1 is 1.32 bits per heavy atom. The monoisotopic (exact) mass is 446 g/mol. The van der Waals surface area contributed by atoms with Crippen molar-refractivity contribution in [3.05, 3.63) is 34.2 Å². The Balaban J connectivity index is 1.79. The highest BCUT2D eigenvalue weighted by atomic mass is 35.5. The number of fused-ring (bicyclic) bond motifs is 3. The van der Waals surface area contributed by atoms with Crippen molar-refractivity contribution in [1.82, 2.24) is 20.1 Å². The highest BCUT2D eigenvalue weighted by Crippen LogP contribution is 2.42. The third kappa shape index (κ3) is 4.54. The SMILES string of the molecule is CCOC(=O)c1c2c(nn1C(NC(=O)OC(C)(C)C)C1CC1)-c1cc(Cl)ncc1CC2. The zero-order chi connectivity index (χ0) is 22.3. The highest BCUT2D eigenvalue weighted by molar-refractivity contribution is 6.29. The van der Waals surface area contributed by atoms with E-state index in [0.29, 0.717) is 23.0 Å². The van der Waals surface area contributed by atoms with Gasteiger partial charge in [0.1, 0.15) is 16.9 Å². The van der Waals surface area contributed by atoms with Gasteiger partial charge in [-0.3, -0.25) is 5.32 Å². The zero-order valence-electron chi connectivity index (χ0n) is 18.2. The molecule has 0 spiro atoms. The fourth-order valence-corrected chi connectivity index (χ4v) is 4.05. The molecule has 0 bridgehead atoms. The van der Waals surface area contributed by atoms with Crippen molar-refractivity contribution in [1.29, 1.82) is 0 Å². The third-order valence-corrected chi connectivity index (χ3v) is 5.53. The number of nitrogens with one attached hydrogen (secondary N) is 1. The van der Waals surface area contributed by atoms with Gasteiger partial charge in [-0.2, -0.15) is 5.10 Å². The molecule has 1 amide bonds. The summed E-state index contributed by atoms with van der Waals surface area (Å²) in [5.74, 6) is -0.279. The standard InChI is InChI=1S/C22H27ClN4O4/c1-5-30-20(28)18-14-9-8-13-11-24-16(23)10-15(13)17(14)26-27(18)19(12-6-7-12)25-21(29)31-22(2,3)4/h10-12,19H,5-9H2,1-4H3,(H,25,29). The lowest BCUT2D eigenvalue weighted by molar-refractivity contribution is 0.0433. The number of hydrogen-bond donors (Lipinski definition) is 1. The Bertz CT molecular complexity index is 1020. The van der Waals surface area contributed by atoms with Gasteiger partial charge < -0.3 is 9.47 Å². The number of hydrogen-bond acceptors (Lipinski definition) is 6. The lowest BCUT2D eigenvalue weighted by Gasteiger charge is -2.24. The van der Waals surface area contributed by atoms with Crippen molar-refractivity contribution in [2.45, 2.75) is 65.1 Å². The number of alkyl carbamates (subject to hydrolysis) is 1. The van der Waals surface area contributed by atoms with Crippen LogP contribution in [0.2, 0.25) is 5.15 Å². The summed E-state index contributed by atoms with van der Waals surface area (Å²) in [5, 5.41) is 8.10. The molecule has 4 rings (SSSR count). The predicted octanol–water partition coefficient (Wildman–Crippen LogP) is 4.31. The van der Waals surface area contributed by atoms with E-state index in [1.165, 1.54) is 0 Å². The minimum Gasteiger partial charge on any atom is -0.461 e. The van der Waals surface area contributed by atoms with Crippen molar-refractivity contribution < 1.29 is 19.1 Å². The van der Waals surface area contributed by atoms with E-state index in [1.54, 1.807) is 23.9 Å². The summed E-state index contributed by atoms with van der Waals surface area (Å²) >= 11 is 6.14. The van der Waals surface area contributed by atoms with Crippen LogP contribution in [-0.4, -0.2) is 39.0 Å². The molecule has 1 N–H and O–H groups in total. The fraction of sp³-hybridized carbons (Fsp3) is 0.545. The predicted molar refractivity (Wildman–Crippen MR) is 115 cm³/mol. The number of amides is 1. The molecule has 1 fully saturated rings. The Morgan fingerprint density at radius 2 is 2.06 bits per heavy atom. The molecule has 1 atom stereocenters. The molecule has 166 valence electrons. The fourth-order valence-electron chi connectivity index (χ4n) is 3.90. The first-order chi connectivity index (χ1) is 14.7. The third-order valence-electron chi connectivity index (χ3n) is 5.33. The van der Waals surface area contributed by atoms with Crippen LogP contribution in [-0.2, 0) is 22.3 Å². The minimum absolute atomic E-state index is 0.169. The molecule has 0 saturated heterocycles. The van der Waals surface area contributed by atoms with Crippen molar-refractivity contribution in [3.63, 3.8) is 0 Å². The second-order valence-electron chi connectivity index (χ2n) is 8.93. The maximum Gasteiger partial charge on any atom is 0.409 e. The number of halogens is 1. The molecular formula is C22H27ClN4O4. The van der Waals surface area contributed by atoms with Gasteiger partial charge in [0.2, 0.25) is 0 Å². The molecule has 2 aliphatic carbocycles. The van der Waals surface area contributed by atoms with E-state index in [-0.39, 0.29) is 12.5 Å². The summed E-state index contributed by atoms with van der Waals surface area (Å²) in [5.41, 5.74) is 3.13. The van der Waals surface area contributed by atoms with E-state index in [4.69, 9.17) is 26.2 Å². The van der Waals surface area contributed by atoms with E-state index in [2.05, 4.69) is 10.3 Å². The van der Waals surface area contributed by atoms with Crippen molar-refractivity contribution in [2.24, 2.45) is 5.92 Å². The average molecular weight is 447 g/mol. The molecule has 2 aromatic heterocycles. The van der Waals surface area contributed by atoms with E-state index in [9.17, 15) is 9.59 Å². The quantitative estimate of drug-likeness (QED) is 0.543. The normalized spacial score (nSPS) is 16.2. The van der Waals surface area contributed by atoms with E-state index in [0.717, 1.165) is 36.0 Å². The van der Waals surface area contributed by atoms with Crippen LogP contribution < -0.4 is 5.32 Å². The highest BCUT2D eigenvalue weighted by Gasteiger charge is 2.40. The second-order valence-corrected chi connectivity index (χ2v) is 9.32. The van der Waals surface area contributed by atoms with Crippen LogP contribution in [0.4, 0.5) is 4.79 Å². The number of rotatable bonds is 5. The molecule has 2 heterocycles.